The lowest BCUT2D eigenvalue weighted by molar-refractivity contribution is 0.0937. The first kappa shape index (κ1) is 16.1. The van der Waals surface area contributed by atoms with E-state index in [1.807, 2.05) is 40.0 Å². The van der Waals surface area contributed by atoms with Crippen LogP contribution in [0.25, 0.3) is 10.9 Å². The lowest BCUT2D eigenvalue weighted by Crippen LogP contribution is -2.35. The number of ether oxygens (including phenoxy) is 1. The van der Waals surface area contributed by atoms with E-state index in [0.29, 0.717) is 17.7 Å². The summed E-state index contributed by atoms with van der Waals surface area (Å²) < 4.78 is 7.23. The van der Waals surface area contributed by atoms with E-state index in [2.05, 4.69) is 5.32 Å². The number of carbonyl (C=O) groups is 1. The second-order valence-electron chi connectivity index (χ2n) is 5.38. The molecule has 1 atom stereocenters. The molecule has 1 aromatic carbocycles. The maximum Gasteiger partial charge on any atom is 0.256 e. The van der Waals surface area contributed by atoms with Crippen LogP contribution in [0.5, 0.6) is 5.75 Å². The average Bonchev–Trinajstić information content (AvgIpc) is 2.50. The summed E-state index contributed by atoms with van der Waals surface area (Å²) in [6.07, 6.45) is 2.40. The Balaban J connectivity index is 2.54. The van der Waals surface area contributed by atoms with Gasteiger partial charge in [-0.15, -0.1) is 0 Å². The molecule has 0 spiro atoms. The number of hydrogen-bond donors (Lipinski definition) is 1. The lowest BCUT2D eigenvalue weighted by atomic mass is 10.1. The van der Waals surface area contributed by atoms with E-state index in [9.17, 15) is 9.59 Å². The van der Waals surface area contributed by atoms with Gasteiger partial charge < -0.3 is 14.6 Å². The summed E-state index contributed by atoms with van der Waals surface area (Å²) in [6, 6.07) is 5.38. The van der Waals surface area contributed by atoms with Crippen LogP contribution < -0.4 is 15.5 Å². The quantitative estimate of drug-likeness (QED) is 0.923. The lowest BCUT2D eigenvalue weighted by Gasteiger charge is -2.13. The van der Waals surface area contributed by atoms with Crippen molar-refractivity contribution < 1.29 is 9.53 Å². The van der Waals surface area contributed by atoms with Crippen molar-refractivity contribution in [2.24, 2.45) is 7.05 Å². The summed E-state index contributed by atoms with van der Waals surface area (Å²) in [6.45, 7) is 6.31. The van der Waals surface area contributed by atoms with E-state index in [1.54, 1.807) is 16.8 Å². The minimum atomic E-state index is -0.335. The van der Waals surface area contributed by atoms with Crippen molar-refractivity contribution in [2.75, 3.05) is 6.61 Å². The van der Waals surface area contributed by atoms with E-state index in [4.69, 9.17) is 4.74 Å². The molecule has 0 unspecified atom stereocenters. The third-order valence-electron chi connectivity index (χ3n) is 3.71. The smallest absolute Gasteiger partial charge is 0.256 e. The van der Waals surface area contributed by atoms with Crippen molar-refractivity contribution in [3.8, 4) is 5.75 Å². The Morgan fingerprint density at radius 1 is 1.36 bits per heavy atom. The number of aromatic nitrogens is 1. The number of aryl methyl sites for hydroxylation is 1. The highest BCUT2D eigenvalue weighted by Gasteiger charge is 2.16. The van der Waals surface area contributed by atoms with Crippen LogP contribution in [0.15, 0.2) is 29.2 Å². The monoisotopic (exact) mass is 302 g/mol. The second-order valence-corrected chi connectivity index (χ2v) is 5.38. The Bertz CT molecular complexity index is 749. The highest BCUT2D eigenvalue weighted by Crippen LogP contribution is 2.18. The molecule has 0 aliphatic rings. The standard InChI is InChI=1S/C17H22N2O3/c1-5-11(3)18-17(21)14-10-19(4)15-8-7-12(22-6-2)9-13(15)16(14)20/h7-11H,5-6H2,1-4H3,(H,18,21)/t11-/m1/s1. The fourth-order valence-corrected chi connectivity index (χ4v) is 2.29. The normalized spacial score (nSPS) is 12.2. The molecular formula is C17H22N2O3. The molecule has 0 saturated carbocycles. The average molecular weight is 302 g/mol. The molecule has 5 nitrogen and oxygen atoms in total. The van der Waals surface area contributed by atoms with Crippen LogP contribution in [0.4, 0.5) is 0 Å². The molecule has 22 heavy (non-hydrogen) atoms. The largest absolute Gasteiger partial charge is 0.494 e. The molecule has 0 bridgehead atoms. The third-order valence-corrected chi connectivity index (χ3v) is 3.71. The van der Waals surface area contributed by atoms with E-state index < -0.39 is 0 Å². The summed E-state index contributed by atoms with van der Waals surface area (Å²) in [4.78, 5) is 24.9. The molecule has 0 aliphatic carbocycles. The van der Waals surface area contributed by atoms with Gasteiger partial charge in [0.2, 0.25) is 5.43 Å². The number of hydrogen-bond acceptors (Lipinski definition) is 3. The number of rotatable bonds is 5. The van der Waals surface area contributed by atoms with Gasteiger partial charge in [-0.2, -0.15) is 0 Å². The minimum absolute atomic E-state index is 0.0302. The molecule has 2 rings (SSSR count). The van der Waals surface area contributed by atoms with E-state index >= 15 is 0 Å². The molecule has 118 valence electrons. The van der Waals surface area contributed by atoms with E-state index in [0.717, 1.165) is 11.9 Å². The zero-order valence-electron chi connectivity index (χ0n) is 13.5. The topological polar surface area (TPSA) is 60.3 Å². The Hall–Kier alpha value is -2.30. The molecule has 1 heterocycles. The second kappa shape index (κ2) is 6.64. The van der Waals surface area contributed by atoms with Crippen LogP contribution in [0.1, 0.15) is 37.6 Å². The van der Waals surface area contributed by atoms with Crippen LogP contribution in [0.3, 0.4) is 0 Å². The van der Waals surface area contributed by atoms with Gasteiger partial charge in [-0.3, -0.25) is 9.59 Å². The van der Waals surface area contributed by atoms with Gasteiger partial charge in [0.05, 0.1) is 17.5 Å². The number of nitrogens with one attached hydrogen (secondary N) is 1. The Morgan fingerprint density at radius 2 is 2.09 bits per heavy atom. The zero-order valence-corrected chi connectivity index (χ0v) is 13.5. The van der Waals surface area contributed by atoms with Crippen LogP contribution >= 0.6 is 0 Å². The predicted molar refractivity (Wildman–Crippen MR) is 87.6 cm³/mol. The van der Waals surface area contributed by atoms with Crippen LogP contribution in [-0.2, 0) is 7.05 Å². The summed E-state index contributed by atoms with van der Waals surface area (Å²) in [5.74, 6) is 0.297. The van der Waals surface area contributed by atoms with Gasteiger partial charge in [-0.05, 0) is 38.5 Å². The molecule has 2 aromatic rings. The SMILES string of the molecule is CCOc1ccc2c(c1)c(=O)c(C(=O)N[C@H](C)CC)cn2C. The van der Waals surface area contributed by atoms with Crippen molar-refractivity contribution in [2.45, 2.75) is 33.2 Å². The summed E-state index contributed by atoms with van der Waals surface area (Å²) >= 11 is 0. The first-order valence-corrected chi connectivity index (χ1v) is 7.55. The van der Waals surface area contributed by atoms with Crippen molar-refractivity contribution in [1.82, 2.24) is 9.88 Å². The van der Waals surface area contributed by atoms with Crippen LogP contribution in [0, 0.1) is 0 Å². The maximum absolute atomic E-state index is 12.6. The van der Waals surface area contributed by atoms with E-state index in [1.165, 1.54) is 0 Å². The van der Waals surface area contributed by atoms with Gasteiger partial charge in [0.15, 0.2) is 0 Å². The number of benzene rings is 1. The van der Waals surface area contributed by atoms with Crippen molar-refractivity contribution in [1.29, 1.82) is 0 Å². The molecule has 5 heteroatoms. The van der Waals surface area contributed by atoms with Crippen molar-refractivity contribution >= 4 is 16.8 Å². The van der Waals surface area contributed by atoms with Crippen molar-refractivity contribution in [3.05, 3.63) is 40.2 Å². The number of amides is 1. The number of fused-ring (bicyclic) bond motifs is 1. The number of nitrogens with zero attached hydrogens (tertiary/aromatic N) is 1. The molecule has 0 saturated heterocycles. The maximum atomic E-state index is 12.6. The summed E-state index contributed by atoms with van der Waals surface area (Å²) in [5.41, 5.74) is 0.660. The van der Waals surface area contributed by atoms with Gasteiger partial charge in [0, 0.05) is 19.3 Å². The van der Waals surface area contributed by atoms with Crippen LogP contribution in [0.2, 0.25) is 0 Å². The molecule has 0 aliphatic heterocycles. The molecule has 0 radical (unpaired) electrons. The Morgan fingerprint density at radius 3 is 2.73 bits per heavy atom. The van der Waals surface area contributed by atoms with Gasteiger partial charge in [0.1, 0.15) is 11.3 Å². The first-order chi connectivity index (χ1) is 10.5. The van der Waals surface area contributed by atoms with Gasteiger partial charge in [0.25, 0.3) is 5.91 Å². The molecule has 0 fully saturated rings. The molecule has 1 N–H and O–H groups in total. The van der Waals surface area contributed by atoms with Gasteiger partial charge in [-0.25, -0.2) is 0 Å². The molecule has 1 aromatic heterocycles. The fourth-order valence-electron chi connectivity index (χ4n) is 2.29. The summed E-state index contributed by atoms with van der Waals surface area (Å²) in [7, 11) is 1.82. The highest BCUT2D eigenvalue weighted by atomic mass is 16.5. The van der Waals surface area contributed by atoms with Gasteiger partial charge >= 0.3 is 0 Å². The predicted octanol–water partition coefficient (Wildman–Crippen LogP) is 2.47. The van der Waals surface area contributed by atoms with Crippen molar-refractivity contribution in [3.63, 3.8) is 0 Å². The summed E-state index contributed by atoms with van der Waals surface area (Å²) in [5, 5.41) is 3.33. The Labute approximate surface area is 129 Å². The third kappa shape index (κ3) is 3.13. The van der Waals surface area contributed by atoms with E-state index in [-0.39, 0.29) is 22.9 Å². The van der Waals surface area contributed by atoms with Gasteiger partial charge in [-0.1, -0.05) is 6.92 Å². The van der Waals surface area contributed by atoms with Crippen LogP contribution in [-0.4, -0.2) is 23.1 Å². The molecule has 1 amide bonds. The first-order valence-electron chi connectivity index (χ1n) is 7.55. The number of carbonyl (C=O) groups excluding carboxylic acids is 1. The number of pyridine rings is 1. The zero-order chi connectivity index (χ0) is 16.3. The minimum Gasteiger partial charge on any atom is -0.494 e. The highest BCUT2D eigenvalue weighted by molar-refractivity contribution is 5.97. The Kier molecular flexibility index (Phi) is 4.85. The fraction of sp³-hybridized carbons (Fsp3) is 0.412. The molecular weight excluding hydrogens is 280 g/mol.